The molecule has 1 amide bonds. The normalized spacial score (nSPS) is 14.4. The Bertz CT molecular complexity index is 875. The number of carbonyl (C=O) groups excluding carboxylic acids is 1. The maximum atomic E-state index is 12.8. The summed E-state index contributed by atoms with van der Waals surface area (Å²) in [7, 11) is 3.24. The van der Waals surface area contributed by atoms with Crippen LogP contribution in [0.4, 0.5) is 5.69 Å². The van der Waals surface area contributed by atoms with Crippen LogP contribution in [0, 0.1) is 11.3 Å². The number of benzene rings is 2. The number of nitriles is 1. The number of anilines is 1. The summed E-state index contributed by atoms with van der Waals surface area (Å²) < 4.78 is 10.3. The van der Waals surface area contributed by atoms with Crippen LogP contribution in [0.5, 0.6) is 11.5 Å². The monoisotopic (exact) mass is 377 g/mol. The van der Waals surface area contributed by atoms with Crippen LogP contribution in [0.25, 0.3) is 6.08 Å². The topological polar surface area (TPSA) is 65.8 Å². The number of piperazine rings is 1. The molecule has 0 radical (unpaired) electrons. The summed E-state index contributed by atoms with van der Waals surface area (Å²) in [6.45, 7) is 2.59. The van der Waals surface area contributed by atoms with Crippen LogP contribution >= 0.6 is 0 Å². The Kier molecular flexibility index (Phi) is 6.18. The maximum absolute atomic E-state index is 12.8. The molecule has 1 saturated heterocycles. The summed E-state index contributed by atoms with van der Waals surface area (Å²) in [5.74, 6) is 1.32. The van der Waals surface area contributed by atoms with Crippen molar-refractivity contribution in [2.45, 2.75) is 0 Å². The van der Waals surface area contributed by atoms with E-state index in [-0.39, 0.29) is 11.5 Å². The molecule has 0 N–H and O–H groups in total. The number of nitrogens with zero attached hydrogens (tertiary/aromatic N) is 3. The molecule has 0 saturated carbocycles. The van der Waals surface area contributed by atoms with Crippen LogP contribution in [0.1, 0.15) is 5.56 Å². The highest BCUT2D eigenvalue weighted by molar-refractivity contribution is 6.01. The molecule has 3 rings (SSSR count). The lowest BCUT2D eigenvalue weighted by molar-refractivity contribution is -0.126. The van der Waals surface area contributed by atoms with Crippen LogP contribution in [0.15, 0.2) is 54.1 Å². The Morgan fingerprint density at radius 1 is 0.929 bits per heavy atom. The number of hydrogen-bond donors (Lipinski definition) is 0. The van der Waals surface area contributed by atoms with Crippen LogP contribution in [0.2, 0.25) is 0 Å². The molecule has 2 aromatic rings. The standard InChI is InChI=1S/C22H23N3O3/c1-27-20-7-3-17(4-8-20)15-18(16-23)22(26)25-13-11-24(12-14-25)19-5-9-21(28-2)10-6-19/h3-10,15H,11-14H2,1-2H3/b18-15+. The maximum Gasteiger partial charge on any atom is 0.264 e. The van der Waals surface area contributed by atoms with E-state index in [4.69, 9.17) is 9.47 Å². The zero-order chi connectivity index (χ0) is 19.9. The molecule has 0 unspecified atom stereocenters. The molecule has 1 heterocycles. The van der Waals surface area contributed by atoms with Crippen molar-refractivity contribution in [2.75, 3.05) is 45.3 Å². The third-order valence-corrected chi connectivity index (χ3v) is 4.78. The lowest BCUT2D eigenvalue weighted by atomic mass is 10.1. The lowest BCUT2D eigenvalue weighted by Gasteiger charge is -2.36. The Morgan fingerprint density at radius 2 is 1.46 bits per heavy atom. The van der Waals surface area contributed by atoms with Gasteiger partial charge in [0.1, 0.15) is 23.1 Å². The van der Waals surface area contributed by atoms with Crippen molar-refractivity contribution >= 4 is 17.7 Å². The molecule has 2 aromatic carbocycles. The van der Waals surface area contributed by atoms with Gasteiger partial charge in [0.15, 0.2) is 0 Å². The van der Waals surface area contributed by atoms with Crippen molar-refractivity contribution < 1.29 is 14.3 Å². The van der Waals surface area contributed by atoms with Crippen LogP contribution in [0.3, 0.4) is 0 Å². The highest BCUT2D eigenvalue weighted by Gasteiger charge is 2.23. The van der Waals surface area contributed by atoms with E-state index in [1.165, 1.54) is 0 Å². The summed E-state index contributed by atoms with van der Waals surface area (Å²) in [5.41, 5.74) is 2.04. The van der Waals surface area contributed by atoms with Crippen LogP contribution < -0.4 is 14.4 Å². The van der Waals surface area contributed by atoms with Crippen molar-refractivity contribution in [1.82, 2.24) is 4.90 Å². The second-order valence-corrected chi connectivity index (χ2v) is 6.42. The van der Waals surface area contributed by atoms with E-state index < -0.39 is 0 Å². The number of carbonyl (C=O) groups is 1. The van der Waals surface area contributed by atoms with Gasteiger partial charge in [-0.15, -0.1) is 0 Å². The predicted octanol–water partition coefficient (Wildman–Crippen LogP) is 2.96. The van der Waals surface area contributed by atoms with E-state index >= 15 is 0 Å². The lowest BCUT2D eigenvalue weighted by Crippen LogP contribution is -2.49. The molecule has 0 bridgehead atoms. The fraction of sp³-hybridized carbons (Fsp3) is 0.273. The minimum Gasteiger partial charge on any atom is -0.497 e. The minimum absolute atomic E-state index is 0.142. The van der Waals surface area contributed by atoms with Crippen molar-refractivity contribution in [3.63, 3.8) is 0 Å². The number of methoxy groups -OCH3 is 2. The van der Waals surface area contributed by atoms with E-state index in [0.717, 1.165) is 35.8 Å². The van der Waals surface area contributed by atoms with Gasteiger partial charge in [0.05, 0.1) is 14.2 Å². The molecule has 6 nitrogen and oxygen atoms in total. The highest BCUT2D eigenvalue weighted by atomic mass is 16.5. The fourth-order valence-corrected chi connectivity index (χ4v) is 3.14. The van der Waals surface area contributed by atoms with Crippen molar-refractivity contribution in [3.8, 4) is 17.6 Å². The number of hydrogen-bond acceptors (Lipinski definition) is 5. The van der Waals surface area contributed by atoms with E-state index in [0.29, 0.717) is 13.1 Å². The third kappa shape index (κ3) is 4.44. The molecule has 28 heavy (non-hydrogen) atoms. The van der Waals surface area contributed by atoms with E-state index in [1.54, 1.807) is 37.3 Å². The van der Waals surface area contributed by atoms with Gasteiger partial charge in [0.25, 0.3) is 5.91 Å². The minimum atomic E-state index is -0.229. The first-order chi connectivity index (χ1) is 13.6. The summed E-state index contributed by atoms with van der Waals surface area (Å²) in [5, 5.41) is 9.46. The summed E-state index contributed by atoms with van der Waals surface area (Å²) >= 11 is 0. The second kappa shape index (κ2) is 8.96. The van der Waals surface area contributed by atoms with Gasteiger partial charge in [-0.3, -0.25) is 4.79 Å². The number of ether oxygens (including phenoxy) is 2. The number of amides is 1. The zero-order valence-electron chi connectivity index (χ0n) is 16.1. The molecule has 1 aliphatic heterocycles. The molecule has 144 valence electrons. The van der Waals surface area contributed by atoms with E-state index in [9.17, 15) is 10.1 Å². The molecular weight excluding hydrogens is 354 g/mol. The van der Waals surface area contributed by atoms with Gasteiger partial charge in [0.2, 0.25) is 0 Å². The molecule has 6 heteroatoms. The van der Waals surface area contributed by atoms with Crippen molar-refractivity contribution in [2.24, 2.45) is 0 Å². The van der Waals surface area contributed by atoms with E-state index in [1.807, 2.05) is 42.5 Å². The SMILES string of the molecule is COc1ccc(/C=C(\C#N)C(=O)N2CCN(c3ccc(OC)cc3)CC2)cc1. The first-order valence-corrected chi connectivity index (χ1v) is 9.08. The molecule has 0 spiro atoms. The van der Waals surface area contributed by atoms with Crippen LogP contribution in [-0.4, -0.2) is 51.2 Å². The predicted molar refractivity (Wildman–Crippen MR) is 108 cm³/mol. The summed E-state index contributed by atoms with van der Waals surface area (Å²) in [6, 6.07) is 17.2. The van der Waals surface area contributed by atoms with Gasteiger partial charge in [-0.2, -0.15) is 5.26 Å². The summed E-state index contributed by atoms with van der Waals surface area (Å²) in [4.78, 5) is 16.7. The largest absolute Gasteiger partial charge is 0.497 e. The second-order valence-electron chi connectivity index (χ2n) is 6.42. The van der Waals surface area contributed by atoms with Crippen molar-refractivity contribution in [1.29, 1.82) is 5.26 Å². The van der Waals surface area contributed by atoms with Gasteiger partial charge < -0.3 is 19.3 Å². The zero-order valence-corrected chi connectivity index (χ0v) is 16.1. The van der Waals surface area contributed by atoms with E-state index in [2.05, 4.69) is 4.90 Å². The average Bonchev–Trinajstić information content (AvgIpc) is 2.77. The van der Waals surface area contributed by atoms with Gasteiger partial charge >= 0.3 is 0 Å². The quantitative estimate of drug-likeness (QED) is 0.592. The van der Waals surface area contributed by atoms with Gasteiger partial charge in [-0.1, -0.05) is 12.1 Å². The Hall–Kier alpha value is -3.46. The Morgan fingerprint density at radius 3 is 1.96 bits per heavy atom. The molecule has 0 atom stereocenters. The average molecular weight is 377 g/mol. The first-order valence-electron chi connectivity index (χ1n) is 9.08. The highest BCUT2D eigenvalue weighted by Crippen LogP contribution is 2.21. The fourth-order valence-electron chi connectivity index (χ4n) is 3.14. The first kappa shape index (κ1) is 19.3. The molecule has 0 aliphatic carbocycles. The molecule has 0 aromatic heterocycles. The third-order valence-electron chi connectivity index (χ3n) is 4.78. The van der Waals surface area contributed by atoms with Gasteiger partial charge in [-0.05, 0) is 48.0 Å². The van der Waals surface area contributed by atoms with Gasteiger partial charge in [0, 0.05) is 31.9 Å². The Balaban J connectivity index is 1.64. The molecular formula is C22H23N3O3. The number of rotatable bonds is 5. The molecule has 1 aliphatic rings. The Labute approximate surface area is 165 Å². The molecule has 1 fully saturated rings. The summed E-state index contributed by atoms with van der Waals surface area (Å²) in [6.07, 6.45) is 1.62. The van der Waals surface area contributed by atoms with Crippen LogP contribution in [-0.2, 0) is 4.79 Å². The smallest absolute Gasteiger partial charge is 0.264 e. The van der Waals surface area contributed by atoms with Crippen molar-refractivity contribution in [3.05, 3.63) is 59.7 Å². The van der Waals surface area contributed by atoms with Gasteiger partial charge in [-0.25, -0.2) is 0 Å².